The Balaban J connectivity index is 1.55. The van der Waals surface area contributed by atoms with Crippen LogP contribution in [0.25, 0.3) is 0 Å². The van der Waals surface area contributed by atoms with Gasteiger partial charge < -0.3 is 9.84 Å². The number of aromatic nitrogens is 3. The Bertz CT molecular complexity index is 1560. The lowest BCUT2D eigenvalue weighted by atomic mass is 9.94. The number of thiazole rings is 1. The van der Waals surface area contributed by atoms with Gasteiger partial charge in [-0.3, -0.25) is 14.5 Å². The van der Waals surface area contributed by atoms with Gasteiger partial charge in [0.2, 0.25) is 10.9 Å². The number of amides is 1. The smallest absolute Gasteiger partial charge is 0.296 e. The summed E-state index contributed by atoms with van der Waals surface area (Å²) in [5, 5.41) is 20.8. The zero-order chi connectivity index (χ0) is 28.2. The van der Waals surface area contributed by atoms with Crippen LogP contribution in [0.15, 0.2) is 70.3 Å². The quantitative estimate of drug-likeness (QED) is 0.0871. The first-order valence-electron chi connectivity index (χ1n) is 12.9. The van der Waals surface area contributed by atoms with Gasteiger partial charge in [0.05, 0.1) is 27.8 Å². The van der Waals surface area contributed by atoms with E-state index in [2.05, 4.69) is 22.1 Å². The topological polar surface area (TPSA) is 106 Å². The molecule has 0 bridgehead atoms. The minimum Gasteiger partial charge on any atom is -0.503 e. The first-order chi connectivity index (χ1) is 19.4. The number of thioether (sulfide) groups is 1. The summed E-state index contributed by atoms with van der Waals surface area (Å²) < 4.78 is 6.77. The van der Waals surface area contributed by atoms with Crippen molar-refractivity contribution in [1.29, 1.82) is 0 Å². The molecule has 3 heterocycles. The molecule has 2 aromatic carbocycles. The number of ether oxygens (including phenoxy) is 1. The van der Waals surface area contributed by atoms with E-state index < -0.39 is 23.5 Å². The molecule has 5 rings (SSSR count). The summed E-state index contributed by atoms with van der Waals surface area (Å²) in [6, 6.07) is 16.3. The highest BCUT2D eigenvalue weighted by atomic mass is 32.2. The van der Waals surface area contributed by atoms with Gasteiger partial charge in [-0.1, -0.05) is 85.0 Å². The molecule has 0 saturated heterocycles. The third-order valence-electron chi connectivity index (χ3n) is 6.34. The highest BCUT2D eigenvalue weighted by molar-refractivity contribution is 8.00. The highest BCUT2D eigenvalue weighted by Gasteiger charge is 2.47. The molecule has 1 aliphatic heterocycles. The van der Waals surface area contributed by atoms with E-state index >= 15 is 0 Å². The normalized spacial score (nSPS) is 15.2. The number of hydrogen-bond donors (Lipinski definition) is 1. The van der Waals surface area contributed by atoms with Crippen molar-refractivity contribution in [2.75, 3.05) is 11.5 Å². The molecule has 2 aromatic heterocycles. The maximum Gasteiger partial charge on any atom is 0.296 e. The van der Waals surface area contributed by atoms with Crippen LogP contribution in [-0.4, -0.2) is 38.6 Å². The molecule has 0 spiro atoms. The summed E-state index contributed by atoms with van der Waals surface area (Å²) in [6.45, 7) is 6.13. The number of aliphatic hydroxyl groups is 1. The number of para-hydroxylation sites is 1. The Hall–Kier alpha value is -3.54. The molecule has 0 aliphatic carbocycles. The van der Waals surface area contributed by atoms with E-state index in [1.54, 1.807) is 6.92 Å². The summed E-state index contributed by atoms with van der Waals surface area (Å²) in [7, 11) is 0. The van der Waals surface area contributed by atoms with Gasteiger partial charge in [-0.25, -0.2) is 4.98 Å². The fourth-order valence-electron chi connectivity index (χ4n) is 4.43. The van der Waals surface area contributed by atoms with Crippen LogP contribution in [0.3, 0.4) is 0 Å². The molecule has 206 valence electrons. The molecule has 1 amide bonds. The van der Waals surface area contributed by atoms with Crippen molar-refractivity contribution in [2.24, 2.45) is 0 Å². The van der Waals surface area contributed by atoms with Crippen LogP contribution in [0.2, 0.25) is 0 Å². The number of rotatable bonds is 11. The van der Waals surface area contributed by atoms with E-state index in [1.165, 1.54) is 39.3 Å². The Morgan fingerprint density at radius 2 is 1.82 bits per heavy atom. The van der Waals surface area contributed by atoms with Crippen LogP contribution < -0.4 is 9.64 Å². The van der Waals surface area contributed by atoms with E-state index in [9.17, 15) is 14.7 Å². The van der Waals surface area contributed by atoms with Gasteiger partial charge in [-0.05, 0) is 31.9 Å². The third-order valence-corrected chi connectivity index (χ3v) is 9.54. The van der Waals surface area contributed by atoms with Crippen molar-refractivity contribution >= 4 is 51.3 Å². The fourth-order valence-corrected chi connectivity index (χ4v) is 7.13. The number of Topliss-reactive ketones (excluding diaryl/α,β-unsaturated/α-hetero) is 1. The van der Waals surface area contributed by atoms with E-state index in [-0.39, 0.29) is 5.57 Å². The summed E-state index contributed by atoms with van der Waals surface area (Å²) >= 11 is 4.00. The van der Waals surface area contributed by atoms with Crippen molar-refractivity contribution in [3.63, 3.8) is 0 Å². The molecule has 11 heteroatoms. The van der Waals surface area contributed by atoms with Gasteiger partial charge in [-0.15, -0.1) is 21.5 Å². The standard InChI is InChI=1S/C29H28N4O4S3/c1-4-5-15-37-21-14-10-9-13-20(21)23-22(24(34)26-17(2)30-18(3)39-26)25(35)27(36)33(23)28-31-32-29(40-28)38-16-19-11-7-6-8-12-19/h6-14,23,35H,4-5,15-16H2,1-3H3. The van der Waals surface area contributed by atoms with Crippen LogP contribution in [0.5, 0.6) is 5.75 Å². The molecule has 1 unspecified atom stereocenters. The lowest BCUT2D eigenvalue weighted by Crippen LogP contribution is -2.31. The van der Waals surface area contributed by atoms with Gasteiger partial charge in [-0.2, -0.15) is 0 Å². The van der Waals surface area contributed by atoms with Crippen molar-refractivity contribution in [2.45, 2.75) is 49.7 Å². The second kappa shape index (κ2) is 12.3. The number of carbonyl (C=O) groups is 2. The molecule has 0 radical (unpaired) electrons. The van der Waals surface area contributed by atoms with E-state index in [4.69, 9.17) is 4.74 Å². The second-order valence-corrected chi connectivity index (χ2v) is 12.6. The zero-order valence-electron chi connectivity index (χ0n) is 22.3. The van der Waals surface area contributed by atoms with Gasteiger partial charge in [0.1, 0.15) is 11.8 Å². The fraction of sp³-hybridized carbons (Fsp3) is 0.276. The Labute approximate surface area is 244 Å². The minimum absolute atomic E-state index is 0.0167. The zero-order valence-corrected chi connectivity index (χ0v) is 24.7. The molecular weight excluding hydrogens is 565 g/mol. The average Bonchev–Trinajstić information content (AvgIpc) is 3.63. The molecule has 1 aliphatic rings. The maximum absolute atomic E-state index is 13.9. The van der Waals surface area contributed by atoms with Crippen molar-refractivity contribution < 1.29 is 19.4 Å². The van der Waals surface area contributed by atoms with Gasteiger partial charge >= 0.3 is 0 Å². The number of nitrogens with zero attached hydrogens (tertiary/aromatic N) is 4. The Morgan fingerprint density at radius 3 is 2.55 bits per heavy atom. The SMILES string of the molecule is CCCCOc1ccccc1C1C(C(=O)c2sc(C)nc2C)=C(O)C(=O)N1c1nnc(SCc2ccccc2)s1. The lowest BCUT2D eigenvalue weighted by Gasteiger charge is -2.25. The number of aryl methyl sites for hydroxylation is 2. The summed E-state index contributed by atoms with van der Waals surface area (Å²) in [4.78, 5) is 33.7. The first-order valence-corrected chi connectivity index (χ1v) is 15.5. The largest absolute Gasteiger partial charge is 0.503 e. The molecule has 40 heavy (non-hydrogen) atoms. The predicted octanol–water partition coefficient (Wildman–Crippen LogP) is 6.87. The number of carbonyl (C=O) groups excluding carboxylic acids is 2. The van der Waals surface area contributed by atoms with Crippen molar-refractivity contribution in [3.05, 3.63) is 92.6 Å². The third kappa shape index (κ3) is 5.67. The van der Waals surface area contributed by atoms with Gasteiger partial charge in [0, 0.05) is 11.3 Å². The van der Waals surface area contributed by atoms with Crippen LogP contribution in [0.4, 0.5) is 5.13 Å². The summed E-state index contributed by atoms with van der Waals surface area (Å²) in [6.07, 6.45) is 1.81. The minimum atomic E-state index is -0.945. The number of ketones is 1. The first kappa shape index (κ1) is 28.0. The highest BCUT2D eigenvalue weighted by Crippen LogP contribution is 2.46. The Morgan fingerprint density at radius 1 is 1.07 bits per heavy atom. The van der Waals surface area contributed by atoms with E-state index in [1.807, 2.05) is 61.5 Å². The Kier molecular flexibility index (Phi) is 8.63. The number of hydrogen-bond acceptors (Lipinski definition) is 10. The van der Waals surface area contributed by atoms with Crippen molar-refractivity contribution in [1.82, 2.24) is 15.2 Å². The average molecular weight is 593 g/mol. The van der Waals surface area contributed by atoms with Gasteiger partial charge in [0.25, 0.3) is 5.91 Å². The molecule has 0 fully saturated rings. The predicted molar refractivity (Wildman–Crippen MR) is 159 cm³/mol. The molecule has 4 aromatic rings. The van der Waals surface area contributed by atoms with Crippen LogP contribution in [0.1, 0.15) is 57.3 Å². The van der Waals surface area contributed by atoms with Crippen LogP contribution in [-0.2, 0) is 10.5 Å². The second-order valence-electron chi connectivity index (χ2n) is 9.18. The molecule has 1 atom stereocenters. The summed E-state index contributed by atoms with van der Waals surface area (Å²) in [5.74, 6) is -0.505. The lowest BCUT2D eigenvalue weighted by molar-refractivity contribution is -0.117. The number of aliphatic hydroxyl groups excluding tert-OH is 1. The van der Waals surface area contributed by atoms with E-state index in [0.717, 1.165) is 23.4 Å². The molecule has 1 N–H and O–H groups in total. The molecule has 0 saturated carbocycles. The summed E-state index contributed by atoms with van der Waals surface area (Å²) in [5.41, 5.74) is 2.27. The van der Waals surface area contributed by atoms with Crippen LogP contribution >= 0.6 is 34.4 Å². The number of anilines is 1. The maximum atomic E-state index is 13.9. The monoisotopic (exact) mass is 592 g/mol. The molecule has 8 nitrogen and oxygen atoms in total. The van der Waals surface area contributed by atoms with Gasteiger partial charge in [0.15, 0.2) is 10.1 Å². The number of benzene rings is 2. The molecular formula is C29H28N4O4S3. The van der Waals surface area contributed by atoms with Crippen LogP contribution in [0, 0.1) is 13.8 Å². The van der Waals surface area contributed by atoms with E-state index in [0.29, 0.717) is 43.7 Å². The number of unbranched alkanes of at least 4 members (excludes halogenated alkanes) is 1. The van der Waals surface area contributed by atoms with Crippen molar-refractivity contribution in [3.8, 4) is 5.75 Å².